The lowest BCUT2D eigenvalue weighted by Gasteiger charge is -2.10. The number of hydrogen-bond donors (Lipinski definition) is 0. The maximum absolute atomic E-state index is 12.3. The molecule has 2 aromatic rings. The van der Waals surface area contributed by atoms with Crippen LogP contribution in [-0.2, 0) is 14.3 Å². The molecule has 0 aliphatic rings. The van der Waals surface area contributed by atoms with Gasteiger partial charge in [0.15, 0.2) is 0 Å². The van der Waals surface area contributed by atoms with Crippen LogP contribution in [0.4, 0.5) is 0 Å². The van der Waals surface area contributed by atoms with E-state index in [-0.39, 0.29) is 11.9 Å². The number of hydrogen-bond acceptors (Lipinski definition) is 4. The molecule has 0 spiro atoms. The van der Waals surface area contributed by atoms with Gasteiger partial charge in [0.05, 0.1) is 6.61 Å². The molecule has 0 saturated heterocycles. The third-order valence-electron chi connectivity index (χ3n) is 6.47. The average molecular weight is 495 g/mol. The van der Waals surface area contributed by atoms with E-state index in [4.69, 9.17) is 9.47 Å². The van der Waals surface area contributed by atoms with Crippen LogP contribution in [0.25, 0.3) is 11.1 Å². The summed E-state index contributed by atoms with van der Waals surface area (Å²) in [5.74, 6) is 0.372. The van der Waals surface area contributed by atoms with E-state index in [0.29, 0.717) is 25.2 Å². The number of rotatable bonds is 20. The molecular formula is C32H46O4. The number of carbonyl (C=O) groups is 2. The first-order valence-electron chi connectivity index (χ1n) is 14.2. The number of para-hydroxylation sites is 1. The Balaban J connectivity index is 1.44. The van der Waals surface area contributed by atoms with Crippen LogP contribution in [0.2, 0.25) is 0 Å². The number of ether oxygens (including phenoxy) is 2. The predicted octanol–water partition coefficient (Wildman–Crippen LogP) is 9.06. The molecule has 2 rings (SSSR count). The maximum Gasteiger partial charge on any atom is 0.311 e. The molecule has 0 aliphatic carbocycles. The van der Waals surface area contributed by atoms with Gasteiger partial charge in [-0.1, -0.05) is 126 Å². The van der Waals surface area contributed by atoms with E-state index >= 15 is 0 Å². The van der Waals surface area contributed by atoms with Gasteiger partial charge in [0.2, 0.25) is 0 Å². The first kappa shape index (κ1) is 29.6. The molecule has 0 aromatic heterocycles. The lowest BCUT2D eigenvalue weighted by molar-refractivity contribution is -0.144. The van der Waals surface area contributed by atoms with Crippen LogP contribution in [0.3, 0.4) is 0 Å². The summed E-state index contributed by atoms with van der Waals surface area (Å²) in [6, 6.07) is 17.6. The summed E-state index contributed by atoms with van der Waals surface area (Å²) >= 11 is 0. The fourth-order valence-corrected chi connectivity index (χ4v) is 4.33. The number of benzene rings is 2. The molecule has 0 saturated carbocycles. The minimum Gasteiger partial charge on any atom is -0.466 e. The van der Waals surface area contributed by atoms with E-state index in [1.54, 1.807) is 0 Å². The molecule has 0 N–H and O–H groups in total. The molecule has 4 nitrogen and oxygen atoms in total. The molecule has 0 radical (unpaired) electrons. The Labute approximate surface area is 218 Å². The molecule has 0 aliphatic heterocycles. The summed E-state index contributed by atoms with van der Waals surface area (Å²) in [6.07, 6.45) is 16.8. The van der Waals surface area contributed by atoms with Crippen molar-refractivity contribution in [2.24, 2.45) is 0 Å². The van der Waals surface area contributed by atoms with Gasteiger partial charge >= 0.3 is 11.9 Å². The van der Waals surface area contributed by atoms with Crippen molar-refractivity contribution < 1.29 is 19.1 Å². The van der Waals surface area contributed by atoms with Crippen molar-refractivity contribution in [1.82, 2.24) is 0 Å². The lowest BCUT2D eigenvalue weighted by Crippen LogP contribution is -2.08. The molecule has 0 heterocycles. The molecule has 0 unspecified atom stereocenters. The minimum absolute atomic E-state index is 0.0588. The van der Waals surface area contributed by atoms with Crippen molar-refractivity contribution in [1.29, 1.82) is 0 Å². The van der Waals surface area contributed by atoms with Gasteiger partial charge < -0.3 is 9.47 Å². The first-order chi connectivity index (χ1) is 17.7. The Morgan fingerprint density at radius 2 is 1.11 bits per heavy atom. The fourth-order valence-electron chi connectivity index (χ4n) is 4.33. The van der Waals surface area contributed by atoms with Gasteiger partial charge in [0, 0.05) is 18.4 Å². The van der Waals surface area contributed by atoms with Gasteiger partial charge in [-0.25, -0.2) is 0 Å². The van der Waals surface area contributed by atoms with Gasteiger partial charge in [-0.05, 0) is 30.9 Å². The predicted molar refractivity (Wildman–Crippen MR) is 148 cm³/mol. The summed E-state index contributed by atoms with van der Waals surface area (Å²) in [5, 5.41) is 0. The largest absolute Gasteiger partial charge is 0.466 e. The third-order valence-corrected chi connectivity index (χ3v) is 6.47. The van der Waals surface area contributed by atoms with Crippen LogP contribution in [0, 0.1) is 0 Å². The van der Waals surface area contributed by atoms with Crippen LogP contribution in [0.15, 0.2) is 54.6 Å². The maximum atomic E-state index is 12.3. The van der Waals surface area contributed by atoms with Gasteiger partial charge in [0.1, 0.15) is 5.75 Å². The second kappa shape index (κ2) is 19.6. The molecule has 0 fully saturated rings. The van der Waals surface area contributed by atoms with Crippen LogP contribution >= 0.6 is 0 Å². The normalized spacial score (nSPS) is 10.8. The van der Waals surface area contributed by atoms with E-state index in [1.807, 2.05) is 54.6 Å². The zero-order chi connectivity index (χ0) is 25.7. The zero-order valence-electron chi connectivity index (χ0n) is 22.3. The highest BCUT2D eigenvalue weighted by Crippen LogP contribution is 2.29. The van der Waals surface area contributed by atoms with E-state index in [9.17, 15) is 9.59 Å². The Kier molecular flexibility index (Phi) is 16.1. The summed E-state index contributed by atoms with van der Waals surface area (Å²) < 4.78 is 11.0. The standard InChI is InChI=1S/C32H46O4/c1-2-3-4-5-6-9-12-20-27-35-31(33)25-16-10-7-8-11-17-26-32(34)36-30-24-19-18-23-29(30)28-21-14-13-15-22-28/h13-15,18-19,21-24H,2-12,16-17,20,25-27H2,1H3. The molecule has 0 amide bonds. The molecule has 36 heavy (non-hydrogen) atoms. The van der Waals surface area contributed by atoms with Gasteiger partial charge in [-0.3, -0.25) is 9.59 Å². The molecule has 2 aromatic carbocycles. The van der Waals surface area contributed by atoms with Crippen LogP contribution in [0.5, 0.6) is 5.75 Å². The monoisotopic (exact) mass is 494 g/mol. The second-order valence-corrected chi connectivity index (χ2v) is 9.65. The molecule has 0 atom stereocenters. The van der Waals surface area contributed by atoms with Crippen molar-refractivity contribution in [2.75, 3.05) is 6.61 Å². The smallest absolute Gasteiger partial charge is 0.311 e. The topological polar surface area (TPSA) is 52.6 Å². The molecular weight excluding hydrogens is 448 g/mol. The number of carbonyl (C=O) groups excluding carboxylic acids is 2. The summed E-state index contributed by atoms with van der Waals surface area (Å²) in [7, 11) is 0. The molecule has 198 valence electrons. The highest BCUT2D eigenvalue weighted by molar-refractivity contribution is 5.78. The Morgan fingerprint density at radius 1 is 0.583 bits per heavy atom. The fraction of sp³-hybridized carbons (Fsp3) is 0.562. The van der Waals surface area contributed by atoms with E-state index in [1.165, 1.54) is 38.5 Å². The van der Waals surface area contributed by atoms with E-state index < -0.39 is 0 Å². The highest BCUT2D eigenvalue weighted by Gasteiger charge is 2.10. The number of esters is 2. The molecule has 4 heteroatoms. The Bertz CT molecular complexity index is 846. The SMILES string of the molecule is CCCCCCCCCCOC(=O)CCCCCCCCC(=O)Oc1ccccc1-c1ccccc1. The summed E-state index contributed by atoms with van der Waals surface area (Å²) in [6.45, 7) is 2.81. The van der Waals surface area contributed by atoms with Crippen LogP contribution in [0.1, 0.15) is 110 Å². The van der Waals surface area contributed by atoms with Gasteiger partial charge in [0.25, 0.3) is 0 Å². The van der Waals surface area contributed by atoms with Gasteiger partial charge in [-0.2, -0.15) is 0 Å². The van der Waals surface area contributed by atoms with Crippen LogP contribution < -0.4 is 4.74 Å². The third kappa shape index (κ3) is 13.5. The Morgan fingerprint density at radius 3 is 1.78 bits per heavy atom. The summed E-state index contributed by atoms with van der Waals surface area (Å²) in [5.41, 5.74) is 1.97. The van der Waals surface area contributed by atoms with Crippen molar-refractivity contribution >= 4 is 11.9 Å². The van der Waals surface area contributed by atoms with E-state index in [0.717, 1.165) is 62.5 Å². The quantitative estimate of drug-likeness (QED) is 0.105. The summed E-state index contributed by atoms with van der Waals surface area (Å²) in [4.78, 5) is 24.2. The lowest BCUT2D eigenvalue weighted by atomic mass is 10.0. The minimum atomic E-state index is -0.183. The average Bonchev–Trinajstić information content (AvgIpc) is 2.90. The van der Waals surface area contributed by atoms with Gasteiger partial charge in [-0.15, -0.1) is 0 Å². The number of unbranched alkanes of at least 4 members (excludes halogenated alkanes) is 12. The van der Waals surface area contributed by atoms with Crippen molar-refractivity contribution in [3.63, 3.8) is 0 Å². The van der Waals surface area contributed by atoms with Crippen molar-refractivity contribution in [2.45, 2.75) is 110 Å². The van der Waals surface area contributed by atoms with Crippen LogP contribution in [-0.4, -0.2) is 18.5 Å². The second-order valence-electron chi connectivity index (χ2n) is 9.65. The first-order valence-corrected chi connectivity index (χ1v) is 14.2. The Hall–Kier alpha value is -2.62. The van der Waals surface area contributed by atoms with Crippen molar-refractivity contribution in [3.8, 4) is 16.9 Å². The molecule has 0 bridgehead atoms. The van der Waals surface area contributed by atoms with Crippen molar-refractivity contribution in [3.05, 3.63) is 54.6 Å². The zero-order valence-corrected chi connectivity index (χ0v) is 22.3. The van der Waals surface area contributed by atoms with E-state index in [2.05, 4.69) is 6.92 Å². The highest BCUT2D eigenvalue weighted by atomic mass is 16.5.